The minimum Gasteiger partial charge on any atom is -0.143 e. The second kappa shape index (κ2) is 5.71. The summed E-state index contributed by atoms with van der Waals surface area (Å²) < 4.78 is 1.16. The van der Waals surface area contributed by atoms with Gasteiger partial charge in [-0.2, -0.15) is 0 Å². The van der Waals surface area contributed by atoms with Crippen LogP contribution < -0.4 is 0 Å². The van der Waals surface area contributed by atoms with E-state index in [9.17, 15) is 0 Å². The van der Waals surface area contributed by atoms with Gasteiger partial charge in [-0.1, -0.05) is 64.8 Å². The normalized spacial score (nSPS) is 13.6. The fourth-order valence-electron chi connectivity index (χ4n) is 1.88. The molecular weight excluding hydrogens is 384 g/mol. The molecule has 0 nitrogen and oxygen atoms in total. The molecule has 1 aromatic heterocycles. The standard InChI is InChI=1S/C16H18Br2S/c1-10-9-11(5-6-12(10)17)15(18)13-7-8-14(19-13)16(2,3)4/h5-9,15H,1-4H3. The molecule has 1 unspecified atom stereocenters. The molecule has 1 heterocycles. The van der Waals surface area contributed by atoms with E-state index in [2.05, 4.69) is 89.9 Å². The molecule has 0 saturated carbocycles. The zero-order chi connectivity index (χ0) is 14.2. The third kappa shape index (κ3) is 3.50. The highest BCUT2D eigenvalue weighted by atomic mass is 79.9. The predicted molar refractivity (Wildman–Crippen MR) is 92.7 cm³/mol. The van der Waals surface area contributed by atoms with Crippen LogP contribution in [0.15, 0.2) is 34.8 Å². The molecule has 0 aliphatic carbocycles. The minimum atomic E-state index is 0.227. The van der Waals surface area contributed by atoms with E-state index in [1.807, 2.05) is 11.3 Å². The van der Waals surface area contributed by atoms with Crippen molar-refractivity contribution in [2.45, 2.75) is 37.9 Å². The Morgan fingerprint density at radius 3 is 2.32 bits per heavy atom. The zero-order valence-electron chi connectivity index (χ0n) is 11.6. The van der Waals surface area contributed by atoms with Gasteiger partial charge in [0.1, 0.15) is 0 Å². The molecule has 0 saturated heterocycles. The predicted octanol–water partition coefficient (Wildman–Crippen LogP) is 6.60. The summed E-state index contributed by atoms with van der Waals surface area (Å²) in [4.78, 5) is 3.08. The maximum absolute atomic E-state index is 3.83. The molecular formula is C16H18Br2S. The second-order valence-corrected chi connectivity index (χ2v) is 8.71. The van der Waals surface area contributed by atoms with Crippen molar-refractivity contribution in [2.24, 2.45) is 0 Å². The van der Waals surface area contributed by atoms with Gasteiger partial charge in [0.2, 0.25) is 0 Å². The van der Waals surface area contributed by atoms with Crippen LogP contribution in [0.1, 0.15) is 46.5 Å². The van der Waals surface area contributed by atoms with Gasteiger partial charge in [-0.15, -0.1) is 11.3 Å². The maximum atomic E-state index is 3.83. The van der Waals surface area contributed by atoms with Crippen molar-refractivity contribution in [3.05, 3.63) is 55.7 Å². The molecule has 0 amide bonds. The molecule has 102 valence electrons. The molecule has 0 bridgehead atoms. The summed E-state index contributed by atoms with van der Waals surface area (Å²) in [5.74, 6) is 0. The summed E-state index contributed by atoms with van der Waals surface area (Å²) in [6.07, 6.45) is 0. The van der Waals surface area contributed by atoms with Crippen molar-refractivity contribution in [1.29, 1.82) is 0 Å². The minimum absolute atomic E-state index is 0.227. The van der Waals surface area contributed by atoms with Gasteiger partial charge in [0.15, 0.2) is 0 Å². The highest BCUT2D eigenvalue weighted by Crippen LogP contribution is 2.39. The molecule has 2 aromatic rings. The Morgan fingerprint density at radius 1 is 1.11 bits per heavy atom. The van der Waals surface area contributed by atoms with Crippen molar-refractivity contribution in [3.63, 3.8) is 0 Å². The van der Waals surface area contributed by atoms with Crippen LogP contribution in [0.3, 0.4) is 0 Å². The fraction of sp³-hybridized carbons (Fsp3) is 0.375. The first kappa shape index (κ1) is 15.3. The van der Waals surface area contributed by atoms with Crippen molar-refractivity contribution >= 4 is 43.2 Å². The molecule has 2 rings (SSSR count). The number of benzene rings is 1. The van der Waals surface area contributed by atoms with E-state index in [4.69, 9.17) is 0 Å². The number of hydrogen-bond donors (Lipinski definition) is 0. The number of thiophene rings is 1. The first-order valence-corrected chi connectivity index (χ1v) is 8.82. The maximum Gasteiger partial charge on any atom is 0.0738 e. The summed E-state index contributed by atoms with van der Waals surface area (Å²) >= 11 is 9.27. The largest absolute Gasteiger partial charge is 0.143 e. The average Bonchev–Trinajstić information content (AvgIpc) is 2.81. The van der Waals surface area contributed by atoms with E-state index in [1.54, 1.807) is 0 Å². The molecule has 1 atom stereocenters. The monoisotopic (exact) mass is 400 g/mol. The van der Waals surface area contributed by atoms with E-state index in [0.717, 1.165) is 4.47 Å². The highest BCUT2D eigenvalue weighted by molar-refractivity contribution is 9.10. The SMILES string of the molecule is Cc1cc(C(Br)c2ccc(C(C)(C)C)s2)ccc1Br. The van der Waals surface area contributed by atoms with Crippen molar-refractivity contribution in [1.82, 2.24) is 0 Å². The lowest BCUT2D eigenvalue weighted by atomic mass is 9.95. The molecule has 3 heteroatoms. The summed E-state index contributed by atoms with van der Waals surface area (Å²) in [6, 6.07) is 11.0. The van der Waals surface area contributed by atoms with Gasteiger partial charge in [0, 0.05) is 14.2 Å². The molecule has 0 radical (unpaired) electrons. The molecule has 0 aliphatic rings. The Morgan fingerprint density at radius 2 is 1.79 bits per heavy atom. The van der Waals surface area contributed by atoms with Gasteiger partial charge in [-0.3, -0.25) is 0 Å². The van der Waals surface area contributed by atoms with Crippen LogP contribution in [0.5, 0.6) is 0 Å². The number of halogens is 2. The lowest BCUT2D eigenvalue weighted by Crippen LogP contribution is -2.07. The third-order valence-corrected chi connectivity index (χ3v) is 6.88. The van der Waals surface area contributed by atoms with E-state index in [0.29, 0.717) is 0 Å². The molecule has 0 spiro atoms. The van der Waals surface area contributed by atoms with E-state index in [-0.39, 0.29) is 10.2 Å². The molecule has 1 aromatic carbocycles. The highest BCUT2D eigenvalue weighted by Gasteiger charge is 2.19. The molecule has 0 fully saturated rings. The van der Waals surface area contributed by atoms with Crippen LogP contribution in [0, 0.1) is 6.92 Å². The zero-order valence-corrected chi connectivity index (χ0v) is 15.6. The van der Waals surface area contributed by atoms with Crippen molar-refractivity contribution in [3.8, 4) is 0 Å². The Bertz CT molecular complexity index is 579. The van der Waals surface area contributed by atoms with Crippen LogP contribution in [-0.2, 0) is 5.41 Å². The number of alkyl halides is 1. The first-order chi connectivity index (χ1) is 8.79. The number of rotatable bonds is 2. The van der Waals surface area contributed by atoms with Crippen LogP contribution >= 0.6 is 43.2 Å². The average molecular weight is 402 g/mol. The van der Waals surface area contributed by atoms with Crippen LogP contribution in [0.2, 0.25) is 0 Å². The van der Waals surface area contributed by atoms with Crippen LogP contribution in [-0.4, -0.2) is 0 Å². The van der Waals surface area contributed by atoms with Crippen LogP contribution in [0.4, 0.5) is 0 Å². The first-order valence-electron chi connectivity index (χ1n) is 6.29. The quantitative estimate of drug-likeness (QED) is 0.497. The van der Waals surface area contributed by atoms with Crippen LogP contribution in [0.25, 0.3) is 0 Å². The van der Waals surface area contributed by atoms with Gasteiger partial charge in [0.25, 0.3) is 0 Å². The van der Waals surface area contributed by atoms with Gasteiger partial charge in [-0.05, 0) is 41.7 Å². The van der Waals surface area contributed by atoms with E-state index < -0.39 is 0 Å². The Balaban J connectivity index is 2.31. The van der Waals surface area contributed by atoms with E-state index >= 15 is 0 Å². The van der Waals surface area contributed by atoms with Gasteiger partial charge < -0.3 is 0 Å². The van der Waals surface area contributed by atoms with Crippen molar-refractivity contribution < 1.29 is 0 Å². The Labute approximate surface area is 136 Å². The number of hydrogen-bond acceptors (Lipinski definition) is 1. The summed E-state index contributed by atoms with van der Waals surface area (Å²) in [5.41, 5.74) is 2.81. The van der Waals surface area contributed by atoms with Gasteiger partial charge >= 0.3 is 0 Å². The third-order valence-electron chi connectivity index (χ3n) is 3.09. The number of aryl methyl sites for hydroxylation is 1. The molecule has 0 N–H and O–H groups in total. The van der Waals surface area contributed by atoms with E-state index in [1.165, 1.54) is 20.9 Å². The Hall–Kier alpha value is -0.120. The van der Waals surface area contributed by atoms with Gasteiger partial charge in [-0.25, -0.2) is 0 Å². The van der Waals surface area contributed by atoms with Crippen molar-refractivity contribution in [2.75, 3.05) is 0 Å². The smallest absolute Gasteiger partial charge is 0.0738 e. The topological polar surface area (TPSA) is 0 Å². The molecule has 0 aliphatic heterocycles. The Kier molecular flexibility index (Phi) is 4.59. The second-order valence-electron chi connectivity index (χ2n) is 5.82. The summed E-state index contributed by atoms with van der Waals surface area (Å²) in [7, 11) is 0. The van der Waals surface area contributed by atoms with Gasteiger partial charge in [0.05, 0.1) is 4.83 Å². The summed E-state index contributed by atoms with van der Waals surface area (Å²) in [5, 5.41) is 0. The summed E-state index contributed by atoms with van der Waals surface area (Å²) in [6.45, 7) is 8.91. The lowest BCUT2D eigenvalue weighted by molar-refractivity contribution is 0.604. The fourth-order valence-corrected chi connectivity index (χ4v) is 3.92. The lowest BCUT2D eigenvalue weighted by Gasteiger charge is -2.16. The molecule has 19 heavy (non-hydrogen) atoms.